The second kappa shape index (κ2) is 4.53. The van der Waals surface area contributed by atoms with Crippen LogP contribution >= 0.6 is 0 Å². The van der Waals surface area contributed by atoms with E-state index in [0.29, 0.717) is 0 Å². The highest BCUT2D eigenvalue weighted by Crippen LogP contribution is 2.45. The molecule has 0 bridgehead atoms. The number of benzene rings is 2. The van der Waals surface area contributed by atoms with E-state index in [-0.39, 0.29) is 0 Å². The van der Waals surface area contributed by atoms with Crippen LogP contribution in [0, 0.1) is 0 Å². The van der Waals surface area contributed by atoms with E-state index in [2.05, 4.69) is 34.1 Å². The molecule has 3 heteroatoms. The maximum Gasteiger partial charge on any atom is 0.105 e. The molecule has 3 nitrogen and oxygen atoms in total. The lowest BCUT2D eigenvalue weighted by molar-refractivity contribution is 0.225. The van der Waals surface area contributed by atoms with Gasteiger partial charge in [-0.05, 0) is 46.5 Å². The summed E-state index contributed by atoms with van der Waals surface area (Å²) < 4.78 is 0. The minimum absolute atomic E-state index is 0.507. The first-order valence-corrected chi connectivity index (χ1v) is 6.80. The van der Waals surface area contributed by atoms with Crippen molar-refractivity contribution in [2.24, 2.45) is 0 Å². The summed E-state index contributed by atoms with van der Waals surface area (Å²) in [7, 11) is 8.13. The molecule has 0 aromatic heterocycles. The summed E-state index contributed by atoms with van der Waals surface area (Å²) in [6.45, 7) is 0. The molecule has 1 aliphatic carbocycles. The molecule has 0 aliphatic heterocycles. The number of nitrogens with zero attached hydrogens (tertiary/aromatic N) is 2. The molecular weight excluding hydrogens is 248 g/mol. The lowest BCUT2D eigenvalue weighted by Gasteiger charge is -2.15. The smallest absolute Gasteiger partial charge is 0.105 e. The summed E-state index contributed by atoms with van der Waals surface area (Å²) in [6.07, 6.45) is -0.507. The third-order valence-electron chi connectivity index (χ3n) is 3.99. The molecule has 0 saturated heterocycles. The number of rotatable bonds is 2. The highest BCUT2D eigenvalue weighted by molar-refractivity contribution is 5.83. The largest absolute Gasteiger partial charge is 0.384 e. The van der Waals surface area contributed by atoms with E-state index in [1.165, 1.54) is 0 Å². The Morgan fingerprint density at radius 2 is 1.15 bits per heavy atom. The van der Waals surface area contributed by atoms with Crippen LogP contribution in [-0.4, -0.2) is 33.3 Å². The van der Waals surface area contributed by atoms with E-state index in [1.54, 1.807) is 0 Å². The summed E-state index contributed by atoms with van der Waals surface area (Å²) in [4.78, 5) is 4.17. The number of fused-ring (bicyclic) bond motifs is 3. The summed E-state index contributed by atoms with van der Waals surface area (Å²) >= 11 is 0. The van der Waals surface area contributed by atoms with Crippen molar-refractivity contribution in [1.82, 2.24) is 0 Å². The summed E-state index contributed by atoms with van der Waals surface area (Å²) in [5.41, 5.74) is 6.59. The van der Waals surface area contributed by atoms with Gasteiger partial charge in [-0.3, -0.25) is 0 Å². The van der Waals surface area contributed by atoms with Crippen LogP contribution in [0.1, 0.15) is 17.2 Å². The molecule has 2 aromatic rings. The van der Waals surface area contributed by atoms with E-state index in [0.717, 1.165) is 33.6 Å². The molecule has 0 spiro atoms. The Morgan fingerprint density at radius 1 is 0.750 bits per heavy atom. The molecule has 1 aliphatic rings. The van der Waals surface area contributed by atoms with E-state index in [1.807, 2.05) is 40.3 Å². The summed E-state index contributed by atoms with van der Waals surface area (Å²) in [5.74, 6) is 0. The molecule has 3 rings (SSSR count). The summed E-state index contributed by atoms with van der Waals surface area (Å²) in [5, 5.41) is 10.5. The van der Waals surface area contributed by atoms with Gasteiger partial charge in [0.05, 0.1) is 0 Å². The fourth-order valence-electron chi connectivity index (χ4n) is 2.76. The molecule has 0 radical (unpaired) electrons. The third kappa shape index (κ3) is 1.86. The van der Waals surface area contributed by atoms with Crippen LogP contribution in [0.2, 0.25) is 0 Å². The minimum atomic E-state index is -0.507. The quantitative estimate of drug-likeness (QED) is 0.907. The summed E-state index contributed by atoms with van der Waals surface area (Å²) in [6, 6.07) is 12.5. The number of aliphatic hydroxyl groups is 1. The van der Waals surface area contributed by atoms with Crippen LogP contribution in [0.5, 0.6) is 0 Å². The molecule has 0 atom stereocenters. The van der Waals surface area contributed by atoms with E-state index in [9.17, 15) is 5.11 Å². The zero-order chi connectivity index (χ0) is 14.4. The van der Waals surface area contributed by atoms with Crippen molar-refractivity contribution in [2.75, 3.05) is 38.0 Å². The second-order valence-electron chi connectivity index (χ2n) is 5.73. The molecule has 2 aromatic carbocycles. The number of hydrogen-bond acceptors (Lipinski definition) is 3. The molecule has 0 saturated carbocycles. The van der Waals surface area contributed by atoms with Gasteiger partial charge in [0.2, 0.25) is 0 Å². The maximum absolute atomic E-state index is 10.5. The van der Waals surface area contributed by atoms with Gasteiger partial charge in [-0.15, -0.1) is 0 Å². The van der Waals surface area contributed by atoms with Gasteiger partial charge in [0.1, 0.15) is 6.10 Å². The highest BCUT2D eigenvalue weighted by atomic mass is 16.3. The van der Waals surface area contributed by atoms with Crippen molar-refractivity contribution in [2.45, 2.75) is 6.10 Å². The average molecular weight is 268 g/mol. The Bertz CT molecular complexity index is 605. The van der Waals surface area contributed by atoms with Crippen molar-refractivity contribution in [3.05, 3.63) is 47.5 Å². The first kappa shape index (κ1) is 13.0. The highest BCUT2D eigenvalue weighted by Gasteiger charge is 2.27. The van der Waals surface area contributed by atoms with Crippen molar-refractivity contribution in [3.63, 3.8) is 0 Å². The standard InChI is InChI=1S/C17H20N2O/c1-18(2)11-5-7-13-15(9-11)16-10-12(19(3)4)6-8-14(16)17(13)20/h5-10,17,20H,1-4H3. The normalized spacial score (nSPS) is 13.1. The van der Waals surface area contributed by atoms with E-state index >= 15 is 0 Å². The molecular formula is C17H20N2O. The Labute approximate surface area is 120 Å². The van der Waals surface area contributed by atoms with Crippen molar-refractivity contribution < 1.29 is 5.11 Å². The van der Waals surface area contributed by atoms with Gasteiger partial charge in [0.25, 0.3) is 0 Å². The minimum Gasteiger partial charge on any atom is -0.384 e. The Morgan fingerprint density at radius 3 is 1.50 bits per heavy atom. The number of anilines is 2. The Balaban J connectivity index is 2.19. The van der Waals surface area contributed by atoms with Crippen LogP contribution in [0.15, 0.2) is 36.4 Å². The molecule has 104 valence electrons. The van der Waals surface area contributed by atoms with Gasteiger partial charge in [0.15, 0.2) is 0 Å². The average Bonchev–Trinajstić information content (AvgIpc) is 2.71. The van der Waals surface area contributed by atoms with Crippen LogP contribution in [-0.2, 0) is 0 Å². The Hall–Kier alpha value is -2.00. The zero-order valence-corrected chi connectivity index (χ0v) is 12.4. The number of aliphatic hydroxyl groups excluding tert-OH is 1. The van der Waals surface area contributed by atoms with Crippen molar-refractivity contribution in [3.8, 4) is 11.1 Å². The van der Waals surface area contributed by atoms with Gasteiger partial charge in [0, 0.05) is 39.6 Å². The van der Waals surface area contributed by atoms with Crippen LogP contribution in [0.3, 0.4) is 0 Å². The fraction of sp³-hybridized carbons (Fsp3) is 0.294. The third-order valence-corrected chi connectivity index (χ3v) is 3.99. The first-order chi connectivity index (χ1) is 9.49. The van der Waals surface area contributed by atoms with Gasteiger partial charge in [-0.2, -0.15) is 0 Å². The molecule has 0 heterocycles. The molecule has 0 amide bonds. The lowest BCUT2D eigenvalue weighted by atomic mass is 10.0. The van der Waals surface area contributed by atoms with Crippen LogP contribution in [0.25, 0.3) is 11.1 Å². The van der Waals surface area contributed by atoms with Gasteiger partial charge >= 0.3 is 0 Å². The van der Waals surface area contributed by atoms with Crippen molar-refractivity contribution >= 4 is 11.4 Å². The van der Waals surface area contributed by atoms with Crippen LogP contribution in [0.4, 0.5) is 11.4 Å². The van der Waals surface area contributed by atoms with Crippen LogP contribution < -0.4 is 9.80 Å². The second-order valence-corrected chi connectivity index (χ2v) is 5.73. The first-order valence-electron chi connectivity index (χ1n) is 6.80. The van der Waals surface area contributed by atoms with E-state index in [4.69, 9.17) is 0 Å². The van der Waals surface area contributed by atoms with Gasteiger partial charge in [-0.1, -0.05) is 12.1 Å². The maximum atomic E-state index is 10.5. The molecule has 0 unspecified atom stereocenters. The predicted octanol–water partition coefficient (Wildman–Crippen LogP) is 2.88. The monoisotopic (exact) mass is 268 g/mol. The fourth-order valence-corrected chi connectivity index (χ4v) is 2.76. The molecule has 0 fully saturated rings. The topological polar surface area (TPSA) is 26.7 Å². The molecule has 1 N–H and O–H groups in total. The zero-order valence-electron chi connectivity index (χ0n) is 12.4. The van der Waals surface area contributed by atoms with Gasteiger partial charge < -0.3 is 14.9 Å². The SMILES string of the molecule is CN(C)c1ccc2c(c1)-c1cc(N(C)C)ccc1C2O. The Kier molecular flexibility index (Phi) is 2.94. The number of hydrogen-bond donors (Lipinski definition) is 1. The predicted molar refractivity (Wildman–Crippen MR) is 84.6 cm³/mol. The van der Waals surface area contributed by atoms with Gasteiger partial charge in [-0.25, -0.2) is 0 Å². The molecule has 20 heavy (non-hydrogen) atoms. The lowest BCUT2D eigenvalue weighted by Crippen LogP contribution is -2.09. The van der Waals surface area contributed by atoms with E-state index < -0.39 is 6.10 Å². The van der Waals surface area contributed by atoms with Crippen molar-refractivity contribution in [1.29, 1.82) is 0 Å².